The summed E-state index contributed by atoms with van der Waals surface area (Å²) >= 11 is 0. The van der Waals surface area contributed by atoms with Gasteiger partial charge in [0.05, 0.1) is 0 Å². The molecule has 1 N–H and O–H groups in total. The maximum atomic E-state index is 3.54. The zero-order valence-corrected chi connectivity index (χ0v) is 11.0. The van der Waals surface area contributed by atoms with E-state index in [1.165, 1.54) is 58.3 Å². The molecule has 0 bridgehead atoms. The first-order valence-corrected chi connectivity index (χ1v) is 7.29. The zero-order chi connectivity index (χ0) is 11.4. The number of hydrogen-bond acceptors (Lipinski definition) is 2. The van der Waals surface area contributed by atoms with Gasteiger partial charge in [-0.2, -0.15) is 0 Å². The van der Waals surface area contributed by atoms with Crippen molar-refractivity contribution in [2.24, 2.45) is 11.8 Å². The fraction of sp³-hybridized carbons (Fsp3) is 1.00. The highest BCUT2D eigenvalue weighted by atomic mass is 15.2. The lowest BCUT2D eigenvalue weighted by atomic mass is 9.97. The Labute approximate surface area is 101 Å². The predicted octanol–water partition coefficient (Wildman–Crippen LogP) is 2.50. The van der Waals surface area contributed by atoms with E-state index in [0.717, 1.165) is 17.9 Å². The van der Waals surface area contributed by atoms with Crippen LogP contribution in [0.2, 0.25) is 0 Å². The number of hydrogen-bond donors (Lipinski definition) is 1. The lowest BCUT2D eigenvalue weighted by Gasteiger charge is -2.35. The van der Waals surface area contributed by atoms with Gasteiger partial charge in [-0.1, -0.05) is 13.8 Å². The largest absolute Gasteiger partial charge is 0.316 e. The van der Waals surface area contributed by atoms with Crippen molar-refractivity contribution >= 4 is 0 Å². The van der Waals surface area contributed by atoms with Gasteiger partial charge in [0.1, 0.15) is 0 Å². The third-order valence-electron chi connectivity index (χ3n) is 4.35. The van der Waals surface area contributed by atoms with Crippen molar-refractivity contribution in [2.75, 3.05) is 26.2 Å². The fourth-order valence-corrected chi connectivity index (χ4v) is 3.28. The molecule has 0 aromatic heterocycles. The van der Waals surface area contributed by atoms with Crippen LogP contribution in [-0.4, -0.2) is 37.1 Å². The van der Waals surface area contributed by atoms with Gasteiger partial charge in [0.15, 0.2) is 0 Å². The molecule has 0 aromatic rings. The van der Waals surface area contributed by atoms with Gasteiger partial charge in [-0.3, -0.25) is 0 Å². The van der Waals surface area contributed by atoms with E-state index in [-0.39, 0.29) is 0 Å². The molecule has 1 saturated heterocycles. The molecule has 1 aliphatic carbocycles. The first kappa shape index (κ1) is 12.4. The Morgan fingerprint density at radius 1 is 1.25 bits per heavy atom. The number of nitrogens with one attached hydrogen (secondary N) is 1. The summed E-state index contributed by atoms with van der Waals surface area (Å²) < 4.78 is 0. The zero-order valence-electron chi connectivity index (χ0n) is 11.0. The average Bonchev–Trinajstić information content (AvgIpc) is 3.14. The molecule has 1 saturated carbocycles. The van der Waals surface area contributed by atoms with Crippen LogP contribution < -0.4 is 5.32 Å². The van der Waals surface area contributed by atoms with Crippen LogP contribution in [0, 0.1) is 11.8 Å². The molecule has 16 heavy (non-hydrogen) atoms. The SMILES string of the molecule is CCC(C1CC1)N(CC)CC1CCCNC1. The average molecular weight is 224 g/mol. The van der Waals surface area contributed by atoms with E-state index in [1.807, 2.05) is 0 Å². The predicted molar refractivity (Wildman–Crippen MR) is 69.6 cm³/mol. The van der Waals surface area contributed by atoms with E-state index in [0.29, 0.717) is 0 Å². The van der Waals surface area contributed by atoms with E-state index < -0.39 is 0 Å². The lowest BCUT2D eigenvalue weighted by Crippen LogP contribution is -2.43. The van der Waals surface area contributed by atoms with Crippen molar-refractivity contribution in [1.29, 1.82) is 0 Å². The topological polar surface area (TPSA) is 15.3 Å². The van der Waals surface area contributed by atoms with Crippen molar-refractivity contribution in [3.05, 3.63) is 0 Å². The molecule has 2 aliphatic rings. The van der Waals surface area contributed by atoms with E-state index in [2.05, 4.69) is 24.1 Å². The smallest absolute Gasteiger partial charge is 0.0121 e. The Morgan fingerprint density at radius 3 is 2.56 bits per heavy atom. The molecular formula is C14H28N2. The molecule has 1 aliphatic heterocycles. The summed E-state index contributed by atoms with van der Waals surface area (Å²) in [6.45, 7) is 9.76. The Balaban J connectivity index is 1.82. The van der Waals surface area contributed by atoms with E-state index in [1.54, 1.807) is 0 Å². The summed E-state index contributed by atoms with van der Waals surface area (Å²) in [6.07, 6.45) is 7.13. The summed E-state index contributed by atoms with van der Waals surface area (Å²) in [5, 5.41) is 3.54. The normalized spacial score (nSPS) is 28.3. The van der Waals surface area contributed by atoms with Gasteiger partial charge in [-0.15, -0.1) is 0 Å². The first-order valence-electron chi connectivity index (χ1n) is 7.29. The third kappa shape index (κ3) is 3.21. The maximum Gasteiger partial charge on any atom is 0.0121 e. The molecule has 2 unspecified atom stereocenters. The van der Waals surface area contributed by atoms with Crippen molar-refractivity contribution < 1.29 is 0 Å². The molecule has 0 aromatic carbocycles. The highest BCUT2D eigenvalue weighted by molar-refractivity contribution is 4.88. The quantitative estimate of drug-likeness (QED) is 0.746. The summed E-state index contributed by atoms with van der Waals surface area (Å²) in [7, 11) is 0. The van der Waals surface area contributed by atoms with Crippen molar-refractivity contribution in [2.45, 2.75) is 52.0 Å². The molecule has 2 rings (SSSR count). The van der Waals surface area contributed by atoms with E-state index in [4.69, 9.17) is 0 Å². The molecule has 1 heterocycles. The van der Waals surface area contributed by atoms with E-state index >= 15 is 0 Å². The van der Waals surface area contributed by atoms with Crippen LogP contribution in [0.1, 0.15) is 46.0 Å². The monoisotopic (exact) mass is 224 g/mol. The van der Waals surface area contributed by atoms with Gasteiger partial charge in [-0.05, 0) is 63.6 Å². The number of nitrogens with zero attached hydrogens (tertiary/aromatic N) is 1. The lowest BCUT2D eigenvalue weighted by molar-refractivity contribution is 0.142. The Kier molecular flexibility index (Phi) is 4.66. The van der Waals surface area contributed by atoms with Crippen LogP contribution in [0.4, 0.5) is 0 Å². The molecule has 2 heteroatoms. The Morgan fingerprint density at radius 2 is 2.06 bits per heavy atom. The number of rotatable bonds is 6. The second-order valence-electron chi connectivity index (χ2n) is 5.61. The van der Waals surface area contributed by atoms with Crippen LogP contribution in [0.25, 0.3) is 0 Å². The molecule has 2 nitrogen and oxygen atoms in total. The second-order valence-corrected chi connectivity index (χ2v) is 5.61. The number of piperidine rings is 1. The molecule has 94 valence electrons. The van der Waals surface area contributed by atoms with Gasteiger partial charge in [0, 0.05) is 12.6 Å². The van der Waals surface area contributed by atoms with Crippen LogP contribution >= 0.6 is 0 Å². The van der Waals surface area contributed by atoms with Gasteiger partial charge in [-0.25, -0.2) is 0 Å². The first-order chi connectivity index (χ1) is 7.85. The second kappa shape index (κ2) is 6.02. The van der Waals surface area contributed by atoms with Crippen molar-refractivity contribution in [3.8, 4) is 0 Å². The molecule has 2 fully saturated rings. The van der Waals surface area contributed by atoms with Gasteiger partial charge < -0.3 is 10.2 Å². The van der Waals surface area contributed by atoms with Crippen molar-refractivity contribution in [1.82, 2.24) is 10.2 Å². The minimum Gasteiger partial charge on any atom is -0.316 e. The van der Waals surface area contributed by atoms with Crippen LogP contribution in [0.15, 0.2) is 0 Å². The van der Waals surface area contributed by atoms with Crippen LogP contribution in [0.5, 0.6) is 0 Å². The molecule has 0 radical (unpaired) electrons. The molecule has 0 amide bonds. The highest BCUT2D eigenvalue weighted by Gasteiger charge is 2.34. The molecule has 0 spiro atoms. The minimum absolute atomic E-state index is 0.881. The minimum atomic E-state index is 0.881. The van der Waals surface area contributed by atoms with Crippen LogP contribution in [0.3, 0.4) is 0 Å². The fourth-order valence-electron chi connectivity index (χ4n) is 3.28. The Hall–Kier alpha value is -0.0800. The summed E-state index contributed by atoms with van der Waals surface area (Å²) in [5.41, 5.74) is 0. The van der Waals surface area contributed by atoms with E-state index in [9.17, 15) is 0 Å². The third-order valence-corrected chi connectivity index (χ3v) is 4.35. The van der Waals surface area contributed by atoms with Gasteiger partial charge in [0.25, 0.3) is 0 Å². The maximum absolute atomic E-state index is 3.54. The summed E-state index contributed by atoms with van der Waals surface area (Å²) in [5.74, 6) is 1.93. The Bertz CT molecular complexity index is 195. The van der Waals surface area contributed by atoms with Crippen molar-refractivity contribution in [3.63, 3.8) is 0 Å². The molecule has 2 atom stereocenters. The van der Waals surface area contributed by atoms with Gasteiger partial charge in [0.2, 0.25) is 0 Å². The summed E-state index contributed by atoms with van der Waals surface area (Å²) in [6, 6.07) is 0.881. The standard InChI is InChI=1S/C14H28N2/c1-3-14(13-7-8-13)16(4-2)11-12-6-5-9-15-10-12/h12-15H,3-11H2,1-2H3. The van der Waals surface area contributed by atoms with Gasteiger partial charge >= 0.3 is 0 Å². The summed E-state index contributed by atoms with van der Waals surface area (Å²) in [4.78, 5) is 2.76. The highest BCUT2D eigenvalue weighted by Crippen LogP contribution is 2.37. The van der Waals surface area contributed by atoms with Crippen LogP contribution in [-0.2, 0) is 0 Å². The molecular weight excluding hydrogens is 196 g/mol.